The molecule has 0 saturated carbocycles. The Morgan fingerprint density at radius 2 is 2.07 bits per heavy atom. The summed E-state index contributed by atoms with van der Waals surface area (Å²) in [5, 5.41) is 0. The summed E-state index contributed by atoms with van der Waals surface area (Å²) in [7, 11) is 0. The molecular formula is C13H19O. The van der Waals surface area contributed by atoms with Gasteiger partial charge in [-0.1, -0.05) is 32.4 Å². The van der Waals surface area contributed by atoms with Gasteiger partial charge in [-0.3, -0.25) is 0 Å². The van der Waals surface area contributed by atoms with Crippen molar-refractivity contribution < 1.29 is 4.74 Å². The first-order valence-electron chi connectivity index (χ1n) is 5.43. The molecule has 14 heavy (non-hydrogen) atoms. The fraction of sp³-hybridized carbons (Fsp3) is 0.462. The van der Waals surface area contributed by atoms with E-state index in [0.29, 0.717) is 0 Å². The van der Waals surface area contributed by atoms with Crippen LogP contribution in [0, 0.1) is 6.42 Å². The summed E-state index contributed by atoms with van der Waals surface area (Å²) >= 11 is 0. The molecule has 0 aliphatic heterocycles. The first kappa shape index (κ1) is 11.1. The third kappa shape index (κ3) is 3.82. The molecule has 1 radical (unpaired) electrons. The van der Waals surface area contributed by atoms with E-state index in [2.05, 4.69) is 32.4 Å². The van der Waals surface area contributed by atoms with E-state index in [4.69, 9.17) is 4.74 Å². The van der Waals surface area contributed by atoms with Crippen molar-refractivity contribution in [3.05, 3.63) is 36.2 Å². The lowest BCUT2D eigenvalue weighted by atomic mass is 10.1. The van der Waals surface area contributed by atoms with Gasteiger partial charge in [-0.25, -0.2) is 0 Å². The highest BCUT2D eigenvalue weighted by atomic mass is 16.5. The Labute approximate surface area is 87.1 Å². The van der Waals surface area contributed by atoms with Crippen LogP contribution in [0.15, 0.2) is 24.3 Å². The van der Waals surface area contributed by atoms with Crippen LogP contribution in [0.5, 0.6) is 5.75 Å². The average Bonchev–Trinajstić information content (AvgIpc) is 2.24. The minimum absolute atomic E-state index is 0.803. The second kappa shape index (κ2) is 6.47. The second-order valence-corrected chi connectivity index (χ2v) is 3.41. The van der Waals surface area contributed by atoms with Crippen molar-refractivity contribution in [2.45, 2.75) is 33.1 Å². The summed E-state index contributed by atoms with van der Waals surface area (Å²) in [6, 6.07) is 8.28. The number of unbranched alkanes of at least 4 members (excludes halogenated alkanes) is 1. The van der Waals surface area contributed by atoms with E-state index in [1.807, 2.05) is 12.1 Å². The Bertz CT molecular complexity index is 232. The van der Waals surface area contributed by atoms with E-state index >= 15 is 0 Å². The maximum Gasteiger partial charge on any atom is 0.119 e. The van der Waals surface area contributed by atoms with Crippen molar-refractivity contribution in [1.82, 2.24) is 0 Å². The number of benzene rings is 1. The Balaban J connectivity index is 2.50. The SMILES string of the molecule is CCC[CH]c1cccc(OCCC)c1. The molecule has 0 spiro atoms. The van der Waals surface area contributed by atoms with Crippen molar-refractivity contribution in [2.75, 3.05) is 6.61 Å². The van der Waals surface area contributed by atoms with Crippen LogP contribution in [0.3, 0.4) is 0 Å². The quantitative estimate of drug-likeness (QED) is 0.664. The molecule has 0 bridgehead atoms. The van der Waals surface area contributed by atoms with E-state index in [-0.39, 0.29) is 0 Å². The zero-order valence-electron chi connectivity index (χ0n) is 9.12. The van der Waals surface area contributed by atoms with E-state index in [1.165, 1.54) is 12.0 Å². The van der Waals surface area contributed by atoms with Crippen molar-refractivity contribution in [1.29, 1.82) is 0 Å². The second-order valence-electron chi connectivity index (χ2n) is 3.41. The molecule has 0 N–H and O–H groups in total. The molecule has 1 aromatic rings. The summed E-state index contributed by atoms with van der Waals surface area (Å²) in [5.74, 6) is 0.983. The summed E-state index contributed by atoms with van der Waals surface area (Å²) in [4.78, 5) is 0. The predicted molar refractivity (Wildman–Crippen MR) is 60.5 cm³/mol. The third-order valence-corrected chi connectivity index (χ3v) is 2.00. The first-order chi connectivity index (χ1) is 6.86. The summed E-state index contributed by atoms with van der Waals surface area (Å²) < 4.78 is 5.56. The van der Waals surface area contributed by atoms with Gasteiger partial charge in [0, 0.05) is 0 Å². The molecule has 77 valence electrons. The van der Waals surface area contributed by atoms with E-state index < -0.39 is 0 Å². The Morgan fingerprint density at radius 3 is 2.79 bits per heavy atom. The standard InChI is InChI=1S/C13H19O/c1-3-5-7-12-8-6-9-13(11-12)14-10-4-2/h6-9,11H,3-5,10H2,1-2H3. The highest BCUT2D eigenvalue weighted by Crippen LogP contribution is 2.16. The monoisotopic (exact) mass is 191 g/mol. The van der Waals surface area contributed by atoms with Gasteiger partial charge in [0.1, 0.15) is 5.75 Å². The molecule has 0 unspecified atom stereocenters. The van der Waals surface area contributed by atoms with E-state index in [9.17, 15) is 0 Å². The Hall–Kier alpha value is -0.980. The lowest BCUT2D eigenvalue weighted by Crippen LogP contribution is -1.95. The van der Waals surface area contributed by atoms with Crippen LogP contribution in [0.25, 0.3) is 0 Å². The largest absolute Gasteiger partial charge is 0.494 e. The zero-order chi connectivity index (χ0) is 10.2. The molecule has 0 aromatic heterocycles. The van der Waals surface area contributed by atoms with Crippen molar-refractivity contribution in [3.63, 3.8) is 0 Å². The van der Waals surface area contributed by atoms with Crippen LogP contribution >= 0.6 is 0 Å². The third-order valence-electron chi connectivity index (χ3n) is 2.00. The molecule has 0 aliphatic rings. The molecule has 0 amide bonds. The number of hydrogen-bond donors (Lipinski definition) is 0. The van der Waals surface area contributed by atoms with Crippen molar-refractivity contribution in [3.8, 4) is 5.75 Å². The van der Waals surface area contributed by atoms with E-state index in [1.54, 1.807) is 0 Å². The van der Waals surface area contributed by atoms with Crippen molar-refractivity contribution in [2.24, 2.45) is 0 Å². The lowest BCUT2D eigenvalue weighted by Gasteiger charge is -2.06. The molecule has 0 aliphatic carbocycles. The molecule has 1 nitrogen and oxygen atoms in total. The predicted octanol–water partition coefficient (Wildman–Crippen LogP) is 3.83. The highest BCUT2D eigenvalue weighted by Gasteiger charge is 1.96. The molecule has 1 aromatic carbocycles. The summed E-state index contributed by atoms with van der Waals surface area (Å²) in [6.45, 7) is 5.11. The number of rotatable bonds is 6. The molecule has 1 heteroatoms. The van der Waals surface area contributed by atoms with Crippen LogP contribution in [-0.2, 0) is 0 Å². The van der Waals surface area contributed by atoms with Crippen LogP contribution in [-0.4, -0.2) is 6.61 Å². The van der Waals surface area contributed by atoms with Gasteiger partial charge in [0.2, 0.25) is 0 Å². The Morgan fingerprint density at radius 1 is 1.21 bits per heavy atom. The summed E-state index contributed by atoms with van der Waals surface area (Å²) in [6.07, 6.45) is 5.64. The highest BCUT2D eigenvalue weighted by molar-refractivity contribution is 5.32. The zero-order valence-corrected chi connectivity index (χ0v) is 9.12. The van der Waals surface area contributed by atoms with Crippen LogP contribution in [0.2, 0.25) is 0 Å². The lowest BCUT2D eigenvalue weighted by molar-refractivity contribution is 0.317. The van der Waals surface area contributed by atoms with Gasteiger partial charge in [0.05, 0.1) is 6.61 Å². The molecular weight excluding hydrogens is 172 g/mol. The minimum Gasteiger partial charge on any atom is -0.494 e. The van der Waals surface area contributed by atoms with Gasteiger partial charge in [-0.05, 0) is 37.0 Å². The van der Waals surface area contributed by atoms with Gasteiger partial charge < -0.3 is 4.74 Å². The van der Waals surface area contributed by atoms with Crippen LogP contribution in [0.1, 0.15) is 38.7 Å². The molecule has 0 heterocycles. The minimum atomic E-state index is 0.803. The van der Waals surface area contributed by atoms with Crippen LogP contribution in [0.4, 0.5) is 0 Å². The molecule has 0 fully saturated rings. The van der Waals surface area contributed by atoms with Crippen LogP contribution < -0.4 is 4.74 Å². The molecule has 0 saturated heterocycles. The molecule has 1 rings (SSSR count). The normalized spacial score (nSPS) is 10.1. The van der Waals surface area contributed by atoms with E-state index in [0.717, 1.165) is 25.2 Å². The number of ether oxygens (including phenoxy) is 1. The van der Waals surface area contributed by atoms with Crippen molar-refractivity contribution >= 4 is 0 Å². The fourth-order valence-electron chi connectivity index (χ4n) is 1.26. The van der Waals surface area contributed by atoms with Gasteiger partial charge in [-0.15, -0.1) is 0 Å². The first-order valence-corrected chi connectivity index (χ1v) is 5.43. The Kier molecular flexibility index (Phi) is 5.13. The smallest absolute Gasteiger partial charge is 0.119 e. The maximum atomic E-state index is 5.56. The maximum absolute atomic E-state index is 5.56. The number of hydrogen-bond acceptors (Lipinski definition) is 1. The van der Waals surface area contributed by atoms with Gasteiger partial charge in [0.15, 0.2) is 0 Å². The summed E-state index contributed by atoms with van der Waals surface area (Å²) in [5.41, 5.74) is 1.26. The average molecular weight is 191 g/mol. The van der Waals surface area contributed by atoms with Gasteiger partial charge in [0.25, 0.3) is 0 Å². The van der Waals surface area contributed by atoms with Gasteiger partial charge >= 0.3 is 0 Å². The fourth-order valence-corrected chi connectivity index (χ4v) is 1.26. The topological polar surface area (TPSA) is 9.23 Å². The van der Waals surface area contributed by atoms with Gasteiger partial charge in [-0.2, -0.15) is 0 Å². The molecule has 0 atom stereocenters.